The SMILES string of the molecule is CCC(=O)N(Cc1ccccc1F)C[C@@H]1CC(c2ccc(OC)cc2)=NO1. The Labute approximate surface area is 158 Å². The van der Waals surface area contributed by atoms with Crippen LogP contribution in [0.5, 0.6) is 5.75 Å². The van der Waals surface area contributed by atoms with Crippen LogP contribution in [0.1, 0.15) is 30.9 Å². The maximum Gasteiger partial charge on any atom is 0.222 e. The third-order valence-corrected chi connectivity index (χ3v) is 4.55. The number of hydrogen-bond donors (Lipinski definition) is 0. The molecule has 0 unspecified atom stereocenters. The van der Waals surface area contributed by atoms with E-state index in [-0.39, 0.29) is 24.4 Å². The molecule has 1 aliphatic heterocycles. The Morgan fingerprint density at radius 2 is 2.00 bits per heavy atom. The fourth-order valence-electron chi connectivity index (χ4n) is 3.04. The largest absolute Gasteiger partial charge is 0.497 e. The molecule has 2 aromatic rings. The predicted octanol–water partition coefficient (Wildman–Crippen LogP) is 3.77. The monoisotopic (exact) mass is 370 g/mol. The fraction of sp³-hybridized carbons (Fsp3) is 0.333. The van der Waals surface area contributed by atoms with Crippen molar-refractivity contribution in [2.45, 2.75) is 32.4 Å². The van der Waals surface area contributed by atoms with E-state index in [9.17, 15) is 9.18 Å². The highest BCUT2D eigenvalue weighted by Gasteiger charge is 2.26. The predicted molar refractivity (Wildman–Crippen MR) is 101 cm³/mol. The average molecular weight is 370 g/mol. The highest BCUT2D eigenvalue weighted by molar-refractivity contribution is 6.01. The zero-order chi connectivity index (χ0) is 19.2. The van der Waals surface area contributed by atoms with Gasteiger partial charge in [0, 0.05) is 24.9 Å². The molecule has 0 saturated heterocycles. The van der Waals surface area contributed by atoms with Crippen molar-refractivity contribution in [3.05, 3.63) is 65.5 Å². The number of oxime groups is 1. The molecule has 0 bridgehead atoms. The lowest BCUT2D eigenvalue weighted by Gasteiger charge is -2.24. The zero-order valence-corrected chi connectivity index (χ0v) is 15.5. The molecule has 0 fully saturated rings. The molecular formula is C21H23FN2O3. The van der Waals surface area contributed by atoms with Gasteiger partial charge in [0.1, 0.15) is 11.6 Å². The van der Waals surface area contributed by atoms with E-state index >= 15 is 0 Å². The summed E-state index contributed by atoms with van der Waals surface area (Å²) in [5.41, 5.74) is 2.28. The summed E-state index contributed by atoms with van der Waals surface area (Å²) >= 11 is 0. The number of ether oxygens (including phenoxy) is 1. The molecule has 5 nitrogen and oxygen atoms in total. The lowest BCUT2D eigenvalue weighted by Crippen LogP contribution is -2.37. The molecule has 0 saturated carbocycles. The highest BCUT2D eigenvalue weighted by atomic mass is 19.1. The van der Waals surface area contributed by atoms with Gasteiger partial charge in [0.2, 0.25) is 5.91 Å². The number of carbonyl (C=O) groups is 1. The summed E-state index contributed by atoms with van der Waals surface area (Å²) in [6.45, 7) is 2.38. The molecule has 0 aromatic heterocycles. The first-order valence-corrected chi connectivity index (χ1v) is 8.99. The first-order chi connectivity index (χ1) is 13.1. The number of methoxy groups -OCH3 is 1. The van der Waals surface area contributed by atoms with Crippen molar-refractivity contribution in [3.8, 4) is 5.75 Å². The van der Waals surface area contributed by atoms with E-state index in [0.29, 0.717) is 24.9 Å². The molecule has 0 aliphatic carbocycles. The molecule has 1 aliphatic rings. The molecule has 27 heavy (non-hydrogen) atoms. The molecule has 0 radical (unpaired) electrons. The number of halogens is 1. The third kappa shape index (κ3) is 4.64. The zero-order valence-electron chi connectivity index (χ0n) is 15.5. The number of benzene rings is 2. The van der Waals surface area contributed by atoms with Crippen LogP contribution in [0.2, 0.25) is 0 Å². The molecule has 0 spiro atoms. The normalized spacial score (nSPS) is 15.8. The third-order valence-electron chi connectivity index (χ3n) is 4.55. The Balaban J connectivity index is 1.65. The minimum Gasteiger partial charge on any atom is -0.497 e. The van der Waals surface area contributed by atoms with E-state index in [1.54, 1.807) is 37.1 Å². The average Bonchev–Trinajstić information content (AvgIpc) is 3.17. The van der Waals surface area contributed by atoms with Crippen molar-refractivity contribution in [1.82, 2.24) is 4.90 Å². The minimum absolute atomic E-state index is 0.0419. The first kappa shape index (κ1) is 18.9. The van der Waals surface area contributed by atoms with Gasteiger partial charge in [-0.25, -0.2) is 4.39 Å². The van der Waals surface area contributed by atoms with Crippen molar-refractivity contribution >= 4 is 11.6 Å². The standard InChI is InChI=1S/C21H23FN2O3/c1-3-21(25)24(13-16-6-4-5-7-19(16)22)14-18-12-20(23-27-18)15-8-10-17(26-2)11-9-15/h4-11,18H,3,12-14H2,1-2H3/t18-/m0/s1. The smallest absolute Gasteiger partial charge is 0.222 e. The van der Waals surface area contributed by atoms with Crippen molar-refractivity contribution in [3.63, 3.8) is 0 Å². The van der Waals surface area contributed by atoms with Gasteiger partial charge >= 0.3 is 0 Å². The van der Waals surface area contributed by atoms with Crippen molar-refractivity contribution in [2.75, 3.05) is 13.7 Å². The van der Waals surface area contributed by atoms with Crippen molar-refractivity contribution in [1.29, 1.82) is 0 Å². The van der Waals surface area contributed by atoms with Gasteiger partial charge in [0.05, 0.1) is 19.4 Å². The summed E-state index contributed by atoms with van der Waals surface area (Å²) in [5, 5.41) is 4.17. The number of amides is 1. The maximum atomic E-state index is 14.0. The van der Waals surface area contributed by atoms with E-state index in [1.807, 2.05) is 24.3 Å². The van der Waals surface area contributed by atoms with Gasteiger partial charge in [-0.2, -0.15) is 0 Å². The van der Waals surface area contributed by atoms with E-state index in [1.165, 1.54) is 6.07 Å². The van der Waals surface area contributed by atoms with Crippen molar-refractivity contribution in [2.24, 2.45) is 5.16 Å². The first-order valence-electron chi connectivity index (χ1n) is 8.99. The van der Waals surface area contributed by atoms with Gasteiger partial charge in [-0.15, -0.1) is 0 Å². The van der Waals surface area contributed by atoms with Crippen LogP contribution in [0.15, 0.2) is 53.7 Å². The molecule has 1 heterocycles. The van der Waals surface area contributed by atoms with Crippen molar-refractivity contribution < 1.29 is 18.8 Å². The summed E-state index contributed by atoms with van der Waals surface area (Å²) in [7, 11) is 1.62. The molecular weight excluding hydrogens is 347 g/mol. The Hall–Kier alpha value is -2.89. The number of carbonyl (C=O) groups excluding carboxylic acids is 1. The second kappa shape index (κ2) is 8.66. The number of hydrogen-bond acceptors (Lipinski definition) is 4. The summed E-state index contributed by atoms with van der Waals surface area (Å²) in [4.78, 5) is 19.5. The van der Waals surface area contributed by atoms with Crippen LogP contribution in [0.25, 0.3) is 0 Å². The van der Waals surface area contributed by atoms with Crippen LogP contribution in [-0.2, 0) is 16.2 Å². The van der Waals surface area contributed by atoms with E-state index in [2.05, 4.69) is 5.16 Å². The van der Waals surface area contributed by atoms with Gasteiger partial charge in [-0.3, -0.25) is 4.79 Å². The van der Waals surface area contributed by atoms with Crippen LogP contribution in [-0.4, -0.2) is 36.3 Å². The number of nitrogens with zero attached hydrogens (tertiary/aromatic N) is 2. The van der Waals surface area contributed by atoms with Crippen LogP contribution in [0, 0.1) is 5.82 Å². The molecule has 6 heteroatoms. The molecule has 2 aromatic carbocycles. The molecule has 3 rings (SSSR count). The van der Waals surface area contributed by atoms with Gasteiger partial charge in [0.15, 0.2) is 6.10 Å². The summed E-state index contributed by atoms with van der Waals surface area (Å²) in [5.74, 6) is 0.424. The quantitative estimate of drug-likeness (QED) is 0.746. The summed E-state index contributed by atoms with van der Waals surface area (Å²) in [6.07, 6.45) is 0.703. The van der Waals surface area contributed by atoms with Crippen LogP contribution >= 0.6 is 0 Å². The topological polar surface area (TPSA) is 51.1 Å². The van der Waals surface area contributed by atoms with Crippen LogP contribution in [0.4, 0.5) is 4.39 Å². The Morgan fingerprint density at radius 3 is 2.67 bits per heavy atom. The summed E-state index contributed by atoms with van der Waals surface area (Å²) < 4.78 is 19.1. The number of rotatable bonds is 7. The van der Waals surface area contributed by atoms with E-state index in [4.69, 9.17) is 9.57 Å². The summed E-state index contributed by atoms with van der Waals surface area (Å²) in [6, 6.07) is 14.1. The Morgan fingerprint density at radius 1 is 1.26 bits per heavy atom. The molecule has 1 amide bonds. The van der Waals surface area contributed by atoms with Gasteiger partial charge in [-0.05, 0) is 35.9 Å². The van der Waals surface area contributed by atoms with Crippen LogP contribution < -0.4 is 4.74 Å². The second-order valence-corrected chi connectivity index (χ2v) is 6.42. The fourth-order valence-corrected chi connectivity index (χ4v) is 3.04. The van der Waals surface area contributed by atoms with Gasteiger partial charge in [-0.1, -0.05) is 30.3 Å². The lowest BCUT2D eigenvalue weighted by molar-refractivity contribution is -0.133. The second-order valence-electron chi connectivity index (χ2n) is 6.42. The maximum absolute atomic E-state index is 14.0. The Bertz CT molecular complexity index is 820. The highest BCUT2D eigenvalue weighted by Crippen LogP contribution is 2.21. The molecule has 1 atom stereocenters. The van der Waals surface area contributed by atoms with E-state index in [0.717, 1.165) is 17.0 Å². The Kier molecular flexibility index (Phi) is 6.06. The van der Waals surface area contributed by atoms with Gasteiger partial charge in [0.25, 0.3) is 0 Å². The molecule has 0 N–H and O–H groups in total. The van der Waals surface area contributed by atoms with Gasteiger partial charge < -0.3 is 14.5 Å². The molecule has 142 valence electrons. The lowest BCUT2D eigenvalue weighted by atomic mass is 10.0. The minimum atomic E-state index is -0.311. The van der Waals surface area contributed by atoms with E-state index < -0.39 is 0 Å². The van der Waals surface area contributed by atoms with Crippen LogP contribution in [0.3, 0.4) is 0 Å².